The standard InChI is InChI=1S/C16H32N2O2/c1-6-13(4)11-18(5)12-16(17-7-2,14-9-10-14)15(19)20-8-3/h13-14,17H,6-12H2,1-5H3. The quantitative estimate of drug-likeness (QED) is 0.625. The highest BCUT2D eigenvalue weighted by Gasteiger charge is 2.52. The second kappa shape index (κ2) is 7.99. The molecule has 0 spiro atoms. The van der Waals surface area contributed by atoms with Gasteiger partial charge in [-0.3, -0.25) is 0 Å². The van der Waals surface area contributed by atoms with Crippen molar-refractivity contribution < 1.29 is 9.53 Å². The van der Waals surface area contributed by atoms with Gasteiger partial charge >= 0.3 is 5.97 Å². The Kier molecular flexibility index (Phi) is 6.96. The lowest BCUT2D eigenvalue weighted by Gasteiger charge is -2.36. The van der Waals surface area contributed by atoms with Crippen molar-refractivity contribution in [2.24, 2.45) is 11.8 Å². The van der Waals surface area contributed by atoms with E-state index in [4.69, 9.17) is 4.74 Å². The minimum absolute atomic E-state index is 0.0691. The van der Waals surface area contributed by atoms with E-state index in [9.17, 15) is 4.79 Å². The number of hydrogen-bond donors (Lipinski definition) is 1. The molecule has 1 fully saturated rings. The molecule has 1 saturated carbocycles. The summed E-state index contributed by atoms with van der Waals surface area (Å²) < 4.78 is 5.37. The first-order valence-corrected chi connectivity index (χ1v) is 8.10. The number of nitrogens with one attached hydrogen (secondary N) is 1. The minimum Gasteiger partial charge on any atom is -0.465 e. The fourth-order valence-corrected chi connectivity index (χ4v) is 2.94. The molecule has 4 heteroatoms. The van der Waals surface area contributed by atoms with E-state index in [1.165, 1.54) is 6.42 Å². The van der Waals surface area contributed by atoms with Crippen LogP contribution in [0.15, 0.2) is 0 Å². The van der Waals surface area contributed by atoms with Gasteiger partial charge in [-0.2, -0.15) is 0 Å². The zero-order valence-electron chi connectivity index (χ0n) is 13.9. The Bertz CT molecular complexity index is 305. The Morgan fingerprint density at radius 2 is 2.05 bits per heavy atom. The molecular formula is C16H32N2O2. The van der Waals surface area contributed by atoms with Gasteiger partial charge in [-0.05, 0) is 45.2 Å². The van der Waals surface area contributed by atoms with Gasteiger partial charge in [0, 0.05) is 13.1 Å². The predicted octanol–water partition coefficient (Wildman–Crippen LogP) is 2.29. The van der Waals surface area contributed by atoms with Crippen LogP contribution in [-0.4, -0.2) is 49.7 Å². The Morgan fingerprint density at radius 1 is 1.40 bits per heavy atom. The van der Waals surface area contributed by atoms with Gasteiger partial charge in [0.1, 0.15) is 5.54 Å². The van der Waals surface area contributed by atoms with Crippen LogP contribution >= 0.6 is 0 Å². The van der Waals surface area contributed by atoms with Crippen molar-refractivity contribution in [1.29, 1.82) is 0 Å². The average molecular weight is 284 g/mol. The van der Waals surface area contributed by atoms with Crippen LogP contribution in [-0.2, 0) is 9.53 Å². The molecular weight excluding hydrogens is 252 g/mol. The molecule has 118 valence electrons. The van der Waals surface area contributed by atoms with Gasteiger partial charge in [0.15, 0.2) is 0 Å². The maximum atomic E-state index is 12.5. The van der Waals surface area contributed by atoms with Gasteiger partial charge in [0.25, 0.3) is 0 Å². The lowest BCUT2D eigenvalue weighted by atomic mass is 9.91. The first kappa shape index (κ1) is 17.4. The number of nitrogens with zero attached hydrogens (tertiary/aromatic N) is 1. The van der Waals surface area contributed by atoms with Gasteiger partial charge in [-0.1, -0.05) is 27.2 Å². The SMILES string of the molecule is CCNC(CN(C)CC(C)CC)(C(=O)OCC)C1CC1. The molecule has 20 heavy (non-hydrogen) atoms. The van der Waals surface area contributed by atoms with Gasteiger partial charge < -0.3 is 15.0 Å². The second-order valence-electron chi connectivity index (χ2n) is 6.21. The third-order valence-corrected chi connectivity index (χ3v) is 4.25. The molecule has 0 radical (unpaired) electrons. The minimum atomic E-state index is -0.507. The van der Waals surface area contributed by atoms with Crippen LogP contribution in [0.1, 0.15) is 47.0 Å². The van der Waals surface area contributed by atoms with E-state index in [0.29, 0.717) is 18.4 Å². The topological polar surface area (TPSA) is 41.6 Å². The molecule has 0 saturated heterocycles. The summed E-state index contributed by atoms with van der Waals surface area (Å²) in [5, 5.41) is 3.45. The highest BCUT2D eigenvalue weighted by molar-refractivity contribution is 5.82. The van der Waals surface area contributed by atoms with Gasteiger partial charge in [0.05, 0.1) is 6.61 Å². The van der Waals surface area contributed by atoms with E-state index in [1.54, 1.807) is 0 Å². The number of carbonyl (C=O) groups is 1. The van der Waals surface area contributed by atoms with Crippen molar-refractivity contribution in [2.45, 2.75) is 52.5 Å². The molecule has 0 heterocycles. The molecule has 1 rings (SSSR count). The van der Waals surface area contributed by atoms with Gasteiger partial charge in [0.2, 0.25) is 0 Å². The van der Waals surface area contributed by atoms with Crippen LogP contribution < -0.4 is 5.32 Å². The molecule has 1 aliphatic rings. The summed E-state index contributed by atoms with van der Waals surface area (Å²) >= 11 is 0. The summed E-state index contributed by atoms with van der Waals surface area (Å²) in [6, 6.07) is 0. The third-order valence-electron chi connectivity index (χ3n) is 4.25. The number of esters is 1. The molecule has 1 N–H and O–H groups in total. The Labute approximate surface area is 124 Å². The van der Waals surface area contributed by atoms with Gasteiger partial charge in [-0.25, -0.2) is 4.79 Å². The van der Waals surface area contributed by atoms with Crippen molar-refractivity contribution in [3.05, 3.63) is 0 Å². The predicted molar refractivity (Wildman–Crippen MR) is 82.7 cm³/mol. The lowest BCUT2D eigenvalue weighted by Crippen LogP contribution is -2.61. The summed E-state index contributed by atoms with van der Waals surface area (Å²) in [5.41, 5.74) is -0.507. The van der Waals surface area contributed by atoms with Crippen molar-refractivity contribution in [3.63, 3.8) is 0 Å². The van der Waals surface area contributed by atoms with Crippen molar-refractivity contribution in [1.82, 2.24) is 10.2 Å². The second-order valence-corrected chi connectivity index (χ2v) is 6.21. The molecule has 1 aliphatic carbocycles. The first-order chi connectivity index (χ1) is 9.50. The van der Waals surface area contributed by atoms with E-state index in [0.717, 1.165) is 32.5 Å². The van der Waals surface area contributed by atoms with Crippen LogP contribution in [0.25, 0.3) is 0 Å². The molecule has 0 aromatic heterocycles. The Balaban J connectivity index is 2.77. The molecule has 2 atom stereocenters. The fourth-order valence-electron chi connectivity index (χ4n) is 2.94. The maximum absolute atomic E-state index is 12.5. The van der Waals surface area contributed by atoms with Crippen molar-refractivity contribution in [3.8, 4) is 0 Å². The smallest absolute Gasteiger partial charge is 0.327 e. The summed E-state index contributed by atoms with van der Waals surface area (Å²) in [6.45, 7) is 11.4. The van der Waals surface area contributed by atoms with Crippen LogP contribution in [0, 0.1) is 11.8 Å². The number of carbonyl (C=O) groups excluding carboxylic acids is 1. The van der Waals surface area contributed by atoms with Crippen LogP contribution in [0.2, 0.25) is 0 Å². The molecule has 0 amide bonds. The zero-order valence-corrected chi connectivity index (χ0v) is 13.9. The number of hydrogen-bond acceptors (Lipinski definition) is 4. The number of ether oxygens (including phenoxy) is 1. The summed E-state index contributed by atoms with van der Waals surface area (Å²) in [4.78, 5) is 14.8. The Morgan fingerprint density at radius 3 is 2.50 bits per heavy atom. The molecule has 0 bridgehead atoms. The lowest BCUT2D eigenvalue weighted by molar-refractivity contribution is -0.153. The van der Waals surface area contributed by atoms with Crippen molar-refractivity contribution >= 4 is 5.97 Å². The average Bonchev–Trinajstić information content (AvgIpc) is 3.22. The molecule has 0 aromatic carbocycles. The van der Waals surface area contributed by atoms with E-state index in [2.05, 4.69) is 38.0 Å². The van der Waals surface area contributed by atoms with E-state index < -0.39 is 5.54 Å². The number of rotatable bonds is 10. The monoisotopic (exact) mass is 284 g/mol. The summed E-state index contributed by atoms with van der Waals surface area (Å²) in [5.74, 6) is 1.02. The van der Waals surface area contributed by atoms with E-state index in [1.807, 2.05) is 6.92 Å². The van der Waals surface area contributed by atoms with Crippen LogP contribution in [0.3, 0.4) is 0 Å². The number of likely N-dealkylation sites (N-methyl/N-ethyl adjacent to an activating group) is 2. The molecule has 2 unspecified atom stereocenters. The zero-order chi connectivity index (χ0) is 15.2. The normalized spacial score (nSPS) is 19.7. The largest absolute Gasteiger partial charge is 0.465 e. The molecule has 0 aromatic rings. The summed E-state index contributed by atoms with van der Waals surface area (Å²) in [6.07, 6.45) is 3.42. The van der Waals surface area contributed by atoms with Crippen molar-refractivity contribution in [2.75, 3.05) is 33.3 Å². The van der Waals surface area contributed by atoms with Gasteiger partial charge in [-0.15, -0.1) is 0 Å². The van der Waals surface area contributed by atoms with Crippen LogP contribution in [0.5, 0.6) is 0 Å². The maximum Gasteiger partial charge on any atom is 0.327 e. The highest BCUT2D eigenvalue weighted by atomic mass is 16.5. The molecule has 0 aliphatic heterocycles. The van der Waals surface area contributed by atoms with Crippen LogP contribution in [0.4, 0.5) is 0 Å². The molecule has 4 nitrogen and oxygen atoms in total. The third kappa shape index (κ3) is 4.45. The Hall–Kier alpha value is -0.610. The fraction of sp³-hybridized carbons (Fsp3) is 0.938. The van der Waals surface area contributed by atoms with E-state index >= 15 is 0 Å². The summed E-state index contributed by atoms with van der Waals surface area (Å²) in [7, 11) is 2.11. The highest BCUT2D eigenvalue weighted by Crippen LogP contribution is 2.41. The first-order valence-electron chi connectivity index (χ1n) is 8.10. The van der Waals surface area contributed by atoms with E-state index in [-0.39, 0.29) is 5.97 Å².